The van der Waals surface area contributed by atoms with Gasteiger partial charge in [-0.05, 0) is 24.1 Å². The van der Waals surface area contributed by atoms with Gasteiger partial charge in [0.2, 0.25) is 0 Å². The molecular formula is C15H13N3O2. The summed E-state index contributed by atoms with van der Waals surface area (Å²) in [6.45, 7) is 2.10. The first-order valence-corrected chi connectivity index (χ1v) is 6.36. The minimum absolute atomic E-state index is 0.0621. The summed E-state index contributed by atoms with van der Waals surface area (Å²) in [5, 5.41) is 13.5. The molecule has 5 nitrogen and oxygen atoms in total. The summed E-state index contributed by atoms with van der Waals surface area (Å²) in [6, 6.07) is 11.7. The van der Waals surface area contributed by atoms with E-state index in [-0.39, 0.29) is 5.69 Å². The molecule has 0 aliphatic heterocycles. The van der Waals surface area contributed by atoms with E-state index < -0.39 is 5.97 Å². The summed E-state index contributed by atoms with van der Waals surface area (Å²) < 4.78 is 1.35. The van der Waals surface area contributed by atoms with Gasteiger partial charge in [0.15, 0.2) is 11.3 Å². The van der Waals surface area contributed by atoms with E-state index in [4.69, 9.17) is 5.11 Å². The summed E-state index contributed by atoms with van der Waals surface area (Å²) in [6.07, 6.45) is 2.30. The molecule has 0 saturated carbocycles. The van der Waals surface area contributed by atoms with Gasteiger partial charge in [0.25, 0.3) is 0 Å². The number of carbonyl (C=O) groups is 1. The number of aromatic nitrogens is 3. The van der Waals surface area contributed by atoms with Crippen LogP contribution in [-0.2, 0) is 6.42 Å². The Morgan fingerprint density at radius 1 is 1.20 bits per heavy atom. The highest BCUT2D eigenvalue weighted by Gasteiger charge is 2.12. The summed E-state index contributed by atoms with van der Waals surface area (Å²) in [5.74, 6) is -1.04. The van der Waals surface area contributed by atoms with E-state index >= 15 is 0 Å². The topological polar surface area (TPSA) is 67.5 Å². The van der Waals surface area contributed by atoms with Crippen LogP contribution in [0.2, 0.25) is 0 Å². The Morgan fingerprint density at radius 3 is 2.60 bits per heavy atom. The van der Waals surface area contributed by atoms with Gasteiger partial charge >= 0.3 is 5.97 Å². The summed E-state index contributed by atoms with van der Waals surface area (Å²) in [5.41, 5.74) is 3.52. The van der Waals surface area contributed by atoms with Crippen LogP contribution in [0.4, 0.5) is 0 Å². The van der Waals surface area contributed by atoms with Crippen molar-refractivity contribution in [2.45, 2.75) is 13.3 Å². The fourth-order valence-electron chi connectivity index (χ4n) is 2.08. The predicted molar refractivity (Wildman–Crippen MR) is 74.8 cm³/mol. The molecule has 3 rings (SSSR count). The van der Waals surface area contributed by atoms with Crippen LogP contribution in [-0.4, -0.2) is 25.7 Å². The molecule has 0 fully saturated rings. The van der Waals surface area contributed by atoms with Gasteiger partial charge in [-0.3, -0.25) is 0 Å². The minimum atomic E-state index is -1.04. The number of hydrogen-bond acceptors (Lipinski definition) is 3. The van der Waals surface area contributed by atoms with Gasteiger partial charge in [0.05, 0.1) is 11.9 Å². The van der Waals surface area contributed by atoms with E-state index in [0.29, 0.717) is 5.65 Å². The first-order valence-electron chi connectivity index (χ1n) is 6.36. The van der Waals surface area contributed by atoms with Crippen LogP contribution in [0.15, 0.2) is 42.6 Å². The third-order valence-electron chi connectivity index (χ3n) is 3.24. The van der Waals surface area contributed by atoms with E-state index in [0.717, 1.165) is 17.7 Å². The van der Waals surface area contributed by atoms with Crippen molar-refractivity contribution in [1.82, 2.24) is 14.6 Å². The highest BCUT2D eigenvalue weighted by Crippen LogP contribution is 2.18. The van der Waals surface area contributed by atoms with Crippen LogP contribution in [0, 0.1) is 0 Å². The number of aryl methyl sites for hydroxylation is 1. The van der Waals surface area contributed by atoms with Crippen molar-refractivity contribution in [2.75, 3.05) is 0 Å². The van der Waals surface area contributed by atoms with Crippen molar-refractivity contribution in [3.63, 3.8) is 0 Å². The lowest BCUT2D eigenvalue weighted by Gasteiger charge is -2.04. The fraction of sp³-hybridized carbons (Fsp3) is 0.133. The molecule has 0 unspecified atom stereocenters. The molecule has 3 aromatic rings. The van der Waals surface area contributed by atoms with Crippen molar-refractivity contribution in [1.29, 1.82) is 0 Å². The minimum Gasteiger partial charge on any atom is -0.476 e. The first kappa shape index (κ1) is 12.3. The van der Waals surface area contributed by atoms with Crippen LogP contribution in [0.5, 0.6) is 0 Å². The maximum atomic E-state index is 11.1. The van der Waals surface area contributed by atoms with Crippen molar-refractivity contribution in [3.05, 3.63) is 53.9 Å². The quantitative estimate of drug-likeness (QED) is 0.792. The van der Waals surface area contributed by atoms with Gasteiger partial charge in [-0.25, -0.2) is 14.3 Å². The molecule has 0 atom stereocenters. The Balaban J connectivity index is 2.11. The van der Waals surface area contributed by atoms with Crippen LogP contribution in [0.25, 0.3) is 16.9 Å². The number of carboxylic acid groups (broad SMARTS) is 1. The molecule has 2 aromatic heterocycles. The molecule has 100 valence electrons. The van der Waals surface area contributed by atoms with E-state index in [1.54, 1.807) is 6.07 Å². The Hall–Kier alpha value is -2.69. The second-order valence-electron chi connectivity index (χ2n) is 4.49. The molecule has 0 spiro atoms. The molecule has 5 heteroatoms. The van der Waals surface area contributed by atoms with Crippen LogP contribution >= 0.6 is 0 Å². The normalized spacial score (nSPS) is 10.8. The van der Waals surface area contributed by atoms with E-state index in [2.05, 4.69) is 17.0 Å². The Morgan fingerprint density at radius 2 is 1.95 bits per heavy atom. The molecule has 2 heterocycles. The molecule has 1 aromatic carbocycles. The largest absolute Gasteiger partial charge is 0.476 e. The predicted octanol–water partition coefficient (Wildman–Crippen LogP) is 2.66. The fourth-order valence-corrected chi connectivity index (χ4v) is 2.08. The highest BCUT2D eigenvalue weighted by molar-refractivity contribution is 5.86. The standard InChI is InChI=1S/C15H13N3O2/c1-2-10-3-5-11(6-4-10)12-7-8-14-16-9-13(15(19)20)18(14)17-12/h3-9H,2H2,1H3,(H,19,20). The first-order chi connectivity index (χ1) is 9.69. The molecule has 0 bridgehead atoms. The van der Waals surface area contributed by atoms with Gasteiger partial charge in [0, 0.05) is 5.56 Å². The van der Waals surface area contributed by atoms with Crippen LogP contribution < -0.4 is 0 Å². The zero-order valence-electron chi connectivity index (χ0n) is 10.9. The third-order valence-corrected chi connectivity index (χ3v) is 3.24. The zero-order chi connectivity index (χ0) is 14.1. The average molecular weight is 267 g/mol. The summed E-state index contributed by atoms with van der Waals surface area (Å²) >= 11 is 0. The monoisotopic (exact) mass is 267 g/mol. The van der Waals surface area contributed by atoms with Crippen molar-refractivity contribution >= 4 is 11.6 Å². The van der Waals surface area contributed by atoms with Gasteiger partial charge in [-0.1, -0.05) is 31.2 Å². The maximum absolute atomic E-state index is 11.1. The van der Waals surface area contributed by atoms with Crippen LogP contribution in [0.1, 0.15) is 23.0 Å². The number of imidazole rings is 1. The molecule has 1 N–H and O–H groups in total. The maximum Gasteiger partial charge on any atom is 0.356 e. The van der Waals surface area contributed by atoms with E-state index in [9.17, 15) is 4.79 Å². The Bertz CT molecular complexity index is 775. The average Bonchev–Trinajstić information content (AvgIpc) is 2.90. The second kappa shape index (κ2) is 4.77. The van der Waals surface area contributed by atoms with E-state index in [1.807, 2.05) is 30.3 Å². The number of carboxylic acids is 1. The number of fused-ring (bicyclic) bond motifs is 1. The molecule has 0 aliphatic rings. The van der Waals surface area contributed by atoms with Crippen LogP contribution in [0.3, 0.4) is 0 Å². The molecule has 0 radical (unpaired) electrons. The second-order valence-corrected chi connectivity index (χ2v) is 4.49. The number of benzene rings is 1. The lowest BCUT2D eigenvalue weighted by atomic mass is 10.1. The zero-order valence-corrected chi connectivity index (χ0v) is 10.9. The number of aromatic carboxylic acids is 1. The summed E-state index contributed by atoms with van der Waals surface area (Å²) in [7, 11) is 0. The Labute approximate surface area is 115 Å². The number of hydrogen-bond donors (Lipinski definition) is 1. The Kier molecular flexibility index (Phi) is 2.95. The highest BCUT2D eigenvalue weighted by atomic mass is 16.4. The van der Waals surface area contributed by atoms with Crippen molar-refractivity contribution < 1.29 is 9.90 Å². The van der Waals surface area contributed by atoms with Gasteiger partial charge in [-0.2, -0.15) is 5.10 Å². The number of nitrogens with zero attached hydrogens (tertiary/aromatic N) is 3. The SMILES string of the molecule is CCc1ccc(-c2ccc3ncc(C(=O)O)n3n2)cc1. The summed E-state index contributed by atoms with van der Waals surface area (Å²) in [4.78, 5) is 15.1. The number of rotatable bonds is 3. The molecule has 0 aliphatic carbocycles. The molecule has 20 heavy (non-hydrogen) atoms. The molecular weight excluding hydrogens is 254 g/mol. The van der Waals surface area contributed by atoms with Gasteiger partial charge in [0.1, 0.15) is 0 Å². The van der Waals surface area contributed by atoms with Crippen molar-refractivity contribution in [2.24, 2.45) is 0 Å². The van der Waals surface area contributed by atoms with Gasteiger partial charge in [-0.15, -0.1) is 0 Å². The van der Waals surface area contributed by atoms with E-state index in [1.165, 1.54) is 16.3 Å². The molecule has 0 amide bonds. The van der Waals surface area contributed by atoms with Gasteiger partial charge < -0.3 is 5.11 Å². The lowest BCUT2D eigenvalue weighted by Crippen LogP contribution is -2.05. The third kappa shape index (κ3) is 2.03. The smallest absolute Gasteiger partial charge is 0.356 e. The van der Waals surface area contributed by atoms with Crippen molar-refractivity contribution in [3.8, 4) is 11.3 Å². The lowest BCUT2D eigenvalue weighted by molar-refractivity contribution is 0.0688. The molecule has 0 saturated heterocycles.